The molecule has 0 saturated heterocycles. The largest absolute Gasteiger partial charge is 0.335 e. The minimum atomic E-state index is 0.181. The van der Waals surface area contributed by atoms with E-state index in [0.29, 0.717) is 6.04 Å². The Labute approximate surface area is 124 Å². The Morgan fingerprint density at radius 3 is 2.82 bits per heavy atom. The van der Waals surface area contributed by atoms with Crippen LogP contribution in [0.3, 0.4) is 0 Å². The molecule has 92 valence electrons. The molecule has 0 aromatic heterocycles. The highest BCUT2D eigenvalue weighted by atomic mass is 127. The predicted molar refractivity (Wildman–Crippen MR) is 81.7 cm³/mol. The molecule has 0 spiro atoms. The molecule has 2 nitrogen and oxygen atoms in total. The summed E-state index contributed by atoms with van der Waals surface area (Å²) in [5, 5.41) is 0.845. The summed E-state index contributed by atoms with van der Waals surface area (Å²) in [6.07, 6.45) is 2.31. The van der Waals surface area contributed by atoms with Crippen LogP contribution in [-0.2, 0) is 0 Å². The zero-order valence-corrected chi connectivity index (χ0v) is 13.5. The third kappa shape index (κ3) is 3.02. The Bertz CT molecular complexity index is 431. The molecule has 0 atom stereocenters. The lowest BCUT2D eigenvalue weighted by Crippen LogP contribution is -2.35. The Morgan fingerprint density at radius 2 is 2.24 bits per heavy atom. The van der Waals surface area contributed by atoms with Gasteiger partial charge in [0.2, 0.25) is 0 Å². The monoisotopic (exact) mass is 407 g/mol. The van der Waals surface area contributed by atoms with Crippen molar-refractivity contribution in [3.8, 4) is 0 Å². The van der Waals surface area contributed by atoms with E-state index in [9.17, 15) is 4.79 Å². The molecule has 1 aromatic rings. The van der Waals surface area contributed by atoms with Gasteiger partial charge in [-0.3, -0.25) is 4.79 Å². The van der Waals surface area contributed by atoms with E-state index in [1.165, 1.54) is 5.56 Å². The summed E-state index contributed by atoms with van der Waals surface area (Å²) in [6.45, 7) is 2.85. The number of hydrogen-bond donors (Lipinski definition) is 0. The van der Waals surface area contributed by atoms with Crippen LogP contribution in [0, 0.1) is 10.5 Å². The first kappa shape index (κ1) is 13.3. The quantitative estimate of drug-likeness (QED) is 0.551. The number of carbonyl (C=O) groups excluding carboxylic acids is 1. The molecule has 1 saturated carbocycles. The van der Waals surface area contributed by atoms with Crippen LogP contribution < -0.4 is 0 Å². The fraction of sp³-hybridized carbons (Fsp3) is 0.462. The van der Waals surface area contributed by atoms with Crippen LogP contribution in [0.15, 0.2) is 18.2 Å². The van der Waals surface area contributed by atoms with Crippen LogP contribution in [0.1, 0.15) is 28.8 Å². The number of benzene rings is 1. The topological polar surface area (TPSA) is 20.3 Å². The molecule has 1 fully saturated rings. The Kier molecular flexibility index (Phi) is 4.47. The molecule has 0 aliphatic heterocycles. The van der Waals surface area contributed by atoms with Crippen LogP contribution in [0.5, 0.6) is 0 Å². The second kappa shape index (κ2) is 5.69. The van der Waals surface area contributed by atoms with Gasteiger partial charge >= 0.3 is 0 Å². The molecule has 0 heterocycles. The molecule has 0 bridgehead atoms. The van der Waals surface area contributed by atoms with E-state index < -0.39 is 0 Å². The third-order valence-electron chi connectivity index (χ3n) is 3.00. The van der Waals surface area contributed by atoms with Crippen molar-refractivity contribution in [3.05, 3.63) is 32.9 Å². The standard InChI is InChI=1S/C13H15BrINO/c1-9-3-2-4-11(12(9)15)13(17)16(8-7-14)10-5-6-10/h2-4,10H,5-8H2,1H3. The molecular weight excluding hydrogens is 393 g/mol. The number of alkyl halides is 1. The molecule has 0 N–H and O–H groups in total. The van der Waals surface area contributed by atoms with Gasteiger partial charge in [-0.1, -0.05) is 28.1 Å². The van der Waals surface area contributed by atoms with Crippen molar-refractivity contribution in [3.63, 3.8) is 0 Å². The maximum absolute atomic E-state index is 12.5. The van der Waals surface area contributed by atoms with Gasteiger partial charge in [-0.25, -0.2) is 0 Å². The Morgan fingerprint density at radius 1 is 1.53 bits per heavy atom. The van der Waals surface area contributed by atoms with E-state index in [1.807, 2.05) is 30.0 Å². The van der Waals surface area contributed by atoms with Crippen molar-refractivity contribution in [2.75, 3.05) is 11.9 Å². The van der Waals surface area contributed by atoms with E-state index in [1.54, 1.807) is 0 Å². The van der Waals surface area contributed by atoms with Crippen molar-refractivity contribution < 1.29 is 4.79 Å². The van der Waals surface area contributed by atoms with Gasteiger partial charge in [-0.15, -0.1) is 0 Å². The molecule has 1 aliphatic carbocycles. The van der Waals surface area contributed by atoms with E-state index >= 15 is 0 Å². The SMILES string of the molecule is Cc1cccc(C(=O)N(CCBr)C2CC2)c1I. The van der Waals surface area contributed by atoms with E-state index in [-0.39, 0.29) is 5.91 Å². The second-order valence-electron chi connectivity index (χ2n) is 4.36. The van der Waals surface area contributed by atoms with E-state index in [4.69, 9.17) is 0 Å². The molecule has 0 unspecified atom stereocenters. The lowest BCUT2D eigenvalue weighted by Gasteiger charge is -2.22. The van der Waals surface area contributed by atoms with Gasteiger partial charge in [0.15, 0.2) is 0 Å². The first-order valence-electron chi connectivity index (χ1n) is 5.77. The molecule has 2 rings (SSSR count). The molecule has 1 amide bonds. The van der Waals surface area contributed by atoms with Crippen molar-refractivity contribution in [1.82, 2.24) is 4.90 Å². The highest BCUT2D eigenvalue weighted by molar-refractivity contribution is 14.1. The van der Waals surface area contributed by atoms with Crippen molar-refractivity contribution >= 4 is 44.4 Å². The summed E-state index contributed by atoms with van der Waals surface area (Å²) in [4.78, 5) is 14.5. The summed E-state index contributed by atoms with van der Waals surface area (Å²) in [5.74, 6) is 0.181. The minimum Gasteiger partial charge on any atom is -0.335 e. The fourth-order valence-corrected chi connectivity index (χ4v) is 2.87. The highest BCUT2D eigenvalue weighted by Gasteiger charge is 2.33. The van der Waals surface area contributed by atoms with Crippen molar-refractivity contribution in [1.29, 1.82) is 0 Å². The fourth-order valence-electron chi connectivity index (χ4n) is 1.89. The molecular formula is C13H15BrINO. The second-order valence-corrected chi connectivity index (χ2v) is 6.23. The first-order valence-corrected chi connectivity index (χ1v) is 7.97. The van der Waals surface area contributed by atoms with Gasteiger partial charge < -0.3 is 4.90 Å². The number of halogens is 2. The number of nitrogens with zero attached hydrogens (tertiary/aromatic N) is 1. The smallest absolute Gasteiger partial charge is 0.255 e. The van der Waals surface area contributed by atoms with Crippen LogP contribution in [-0.4, -0.2) is 28.7 Å². The van der Waals surface area contributed by atoms with E-state index in [2.05, 4.69) is 38.5 Å². The Hall–Kier alpha value is -0.100. The summed E-state index contributed by atoms with van der Waals surface area (Å²) in [5.41, 5.74) is 2.02. The number of amides is 1. The lowest BCUT2D eigenvalue weighted by atomic mass is 10.1. The average Bonchev–Trinajstić information content (AvgIpc) is 3.13. The lowest BCUT2D eigenvalue weighted by molar-refractivity contribution is 0.0753. The van der Waals surface area contributed by atoms with E-state index in [0.717, 1.165) is 33.9 Å². The predicted octanol–water partition coefficient (Wildman–Crippen LogP) is 3.60. The summed E-state index contributed by atoms with van der Waals surface area (Å²) in [6, 6.07) is 6.41. The average molecular weight is 408 g/mol. The normalized spacial score (nSPS) is 14.8. The summed E-state index contributed by atoms with van der Waals surface area (Å²) >= 11 is 5.69. The van der Waals surface area contributed by atoms with Gasteiger partial charge in [0.05, 0.1) is 5.56 Å². The zero-order chi connectivity index (χ0) is 12.4. The first-order chi connectivity index (χ1) is 8.15. The maximum atomic E-state index is 12.5. The molecule has 1 aromatic carbocycles. The van der Waals surface area contributed by atoms with Crippen molar-refractivity contribution in [2.24, 2.45) is 0 Å². The van der Waals surface area contributed by atoms with Crippen LogP contribution in [0.25, 0.3) is 0 Å². The summed E-state index contributed by atoms with van der Waals surface area (Å²) in [7, 11) is 0. The molecule has 4 heteroatoms. The Balaban J connectivity index is 2.25. The number of carbonyl (C=O) groups is 1. The van der Waals surface area contributed by atoms with Gasteiger partial charge in [-0.05, 0) is 54.0 Å². The van der Waals surface area contributed by atoms with Gasteiger partial charge in [0, 0.05) is 21.5 Å². The van der Waals surface area contributed by atoms with Crippen LogP contribution in [0.2, 0.25) is 0 Å². The van der Waals surface area contributed by atoms with Crippen LogP contribution in [0.4, 0.5) is 0 Å². The maximum Gasteiger partial charge on any atom is 0.255 e. The van der Waals surface area contributed by atoms with Crippen LogP contribution >= 0.6 is 38.5 Å². The summed E-state index contributed by atoms with van der Waals surface area (Å²) < 4.78 is 1.08. The van der Waals surface area contributed by atoms with Gasteiger partial charge in [-0.2, -0.15) is 0 Å². The number of hydrogen-bond acceptors (Lipinski definition) is 1. The van der Waals surface area contributed by atoms with Crippen molar-refractivity contribution in [2.45, 2.75) is 25.8 Å². The molecule has 17 heavy (non-hydrogen) atoms. The van der Waals surface area contributed by atoms with Gasteiger partial charge in [0.1, 0.15) is 0 Å². The molecule has 1 aliphatic rings. The van der Waals surface area contributed by atoms with Gasteiger partial charge in [0.25, 0.3) is 5.91 Å². The minimum absolute atomic E-state index is 0.181. The number of aryl methyl sites for hydroxylation is 1. The highest BCUT2D eigenvalue weighted by Crippen LogP contribution is 2.29. The third-order valence-corrected chi connectivity index (χ3v) is 4.78. The molecule has 0 radical (unpaired) electrons. The number of rotatable bonds is 4. The zero-order valence-electron chi connectivity index (χ0n) is 9.75.